The number of aromatic nitrogens is 1. The SMILES string of the molecule is CCNC(=NCCc1c[nH]c2ccc(F)cc12)NC1CCN(C(=O)OC)CC1.I. The first-order valence-electron chi connectivity index (χ1n) is 9.74. The smallest absolute Gasteiger partial charge is 0.409 e. The number of carbonyl (C=O) groups excluding carboxylic acids is 1. The second-order valence-electron chi connectivity index (χ2n) is 6.89. The van der Waals surface area contributed by atoms with Crippen LogP contribution in [0.1, 0.15) is 25.3 Å². The molecule has 0 radical (unpaired) electrons. The maximum atomic E-state index is 13.5. The molecule has 0 bridgehead atoms. The van der Waals surface area contributed by atoms with Crippen LogP contribution in [0, 0.1) is 5.82 Å². The summed E-state index contributed by atoms with van der Waals surface area (Å²) < 4.78 is 18.3. The monoisotopic (exact) mass is 517 g/mol. The molecule has 1 aromatic carbocycles. The van der Waals surface area contributed by atoms with E-state index in [2.05, 4.69) is 20.6 Å². The minimum Gasteiger partial charge on any atom is -0.453 e. The van der Waals surface area contributed by atoms with E-state index in [0.717, 1.165) is 48.2 Å². The van der Waals surface area contributed by atoms with Gasteiger partial charge in [-0.3, -0.25) is 4.99 Å². The van der Waals surface area contributed by atoms with E-state index < -0.39 is 0 Å². The van der Waals surface area contributed by atoms with Crippen molar-refractivity contribution in [1.29, 1.82) is 0 Å². The van der Waals surface area contributed by atoms with Gasteiger partial charge in [-0.2, -0.15) is 0 Å². The van der Waals surface area contributed by atoms with Gasteiger partial charge in [0, 0.05) is 49.3 Å². The number of hydrogen-bond donors (Lipinski definition) is 3. The van der Waals surface area contributed by atoms with E-state index in [0.29, 0.717) is 19.6 Å². The van der Waals surface area contributed by atoms with Crippen LogP contribution in [0.5, 0.6) is 0 Å². The Balaban J connectivity index is 0.00000300. The standard InChI is InChI=1S/C20H28FN5O2.HI/c1-3-22-19(25-16-7-10-26(11-8-16)20(27)28-2)23-9-6-14-13-24-18-5-4-15(21)12-17(14)18;/h4-5,12-13,16,24H,3,6-11H2,1-2H3,(H2,22,23,25);1H. The van der Waals surface area contributed by atoms with Crippen LogP contribution in [0.3, 0.4) is 0 Å². The van der Waals surface area contributed by atoms with Crippen molar-refractivity contribution in [1.82, 2.24) is 20.5 Å². The van der Waals surface area contributed by atoms with E-state index in [4.69, 9.17) is 4.74 Å². The van der Waals surface area contributed by atoms with E-state index in [1.54, 1.807) is 17.0 Å². The molecular formula is C20H29FIN5O2. The molecule has 1 aliphatic heterocycles. The van der Waals surface area contributed by atoms with Crippen LogP contribution in [0.15, 0.2) is 29.4 Å². The minimum absolute atomic E-state index is 0. The van der Waals surface area contributed by atoms with Gasteiger partial charge in [0.15, 0.2) is 5.96 Å². The zero-order valence-electron chi connectivity index (χ0n) is 16.8. The Hall–Kier alpha value is -2.04. The molecule has 0 unspecified atom stereocenters. The van der Waals surface area contributed by atoms with E-state index >= 15 is 0 Å². The summed E-state index contributed by atoms with van der Waals surface area (Å²) in [4.78, 5) is 21.1. The predicted molar refractivity (Wildman–Crippen MR) is 123 cm³/mol. The summed E-state index contributed by atoms with van der Waals surface area (Å²) >= 11 is 0. The summed E-state index contributed by atoms with van der Waals surface area (Å²) in [6.45, 7) is 4.74. The number of amides is 1. The third-order valence-electron chi connectivity index (χ3n) is 4.99. The van der Waals surface area contributed by atoms with Crippen molar-refractivity contribution < 1.29 is 13.9 Å². The molecule has 0 atom stereocenters. The molecule has 3 N–H and O–H groups in total. The van der Waals surface area contributed by atoms with Crippen LogP contribution in [0.4, 0.5) is 9.18 Å². The Labute approximate surface area is 187 Å². The number of likely N-dealkylation sites (tertiary alicyclic amines) is 1. The van der Waals surface area contributed by atoms with Crippen LogP contribution in [-0.2, 0) is 11.2 Å². The third-order valence-corrected chi connectivity index (χ3v) is 4.99. The fourth-order valence-corrected chi connectivity index (χ4v) is 3.49. The molecule has 9 heteroatoms. The highest BCUT2D eigenvalue weighted by Crippen LogP contribution is 2.19. The van der Waals surface area contributed by atoms with Gasteiger partial charge in [-0.05, 0) is 49.9 Å². The molecule has 1 amide bonds. The minimum atomic E-state index is -0.269. The lowest BCUT2D eigenvalue weighted by Gasteiger charge is -2.32. The molecule has 1 aliphatic rings. The Morgan fingerprint density at radius 2 is 2.14 bits per heavy atom. The predicted octanol–water partition coefficient (Wildman–Crippen LogP) is 3.25. The number of nitrogens with zero attached hydrogens (tertiary/aromatic N) is 2. The summed E-state index contributed by atoms with van der Waals surface area (Å²) in [5.41, 5.74) is 1.99. The average Bonchev–Trinajstić information content (AvgIpc) is 3.10. The van der Waals surface area contributed by atoms with Crippen LogP contribution in [0.25, 0.3) is 10.9 Å². The molecule has 1 aromatic heterocycles. The molecule has 160 valence electrons. The lowest BCUT2D eigenvalue weighted by atomic mass is 10.1. The summed E-state index contributed by atoms with van der Waals surface area (Å²) in [7, 11) is 1.41. The Morgan fingerprint density at radius 3 is 2.83 bits per heavy atom. The second-order valence-corrected chi connectivity index (χ2v) is 6.89. The summed E-state index contributed by atoms with van der Waals surface area (Å²) in [5.74, 6) is 0.537. The molecule has 0 spiro atoms. The van der Waals surface area contributed by atoms with Gasteiger partial charge in [0.25, 0.3) is 0 Å². The van der Waals surface area contributed by atoms with Gasteiger partial charge in [0.1, 0.15) is 5.82 Å². The first-order chi connectivity index (χ1) is 13.6. The fourth-order valence-electron chi connectivity index (χ4n) is 3.49. The van der Waals surface area contributed by atoms with Gasteiger partial charge in [0.05, 0.1) is 7.11 Å². The number of H-pyrrole nitrogens is 1. The number of benzene rings is 1. The summed E-state index contributed by atoms with van der Waals surface area (Å²) in [5, 5.41) is 7.63. The van der Waals surface area contributed by atoms with Gasteiger partial charge >= 0.3 is 6.09 Å². The number of guanidine groups is 1. The van der Waals surface area contributed by atoms with Gasteiger partial charge in [0.2, 0.25) is 0 Å². The fraction of sp³-hybridized carbons (Fsp3) is 0.500. The van der Waals surface area contributed by atoms with Gasteiger partial charge in [-0.25, -0.2) is 9.18 Å². The van der Waals surface area contributed by atoms with E-state index in [1.807, 2.05) is 13.1 Å². The molecule has 0 saturated carbocycles. The van der Waals surface area contributed by atoms with E-state index in [-0.39, 0.29) is 41.9 Å². The highest BCUT2D eigenvalue weighted by atomic mass is 127. The highest BCUT2D eigenvalue weighted by molar-refractivity contribution is 14.0. The number of halogens is 2. The van der Waals surface area contributed by atoms with Crippen molar-refractivity contribution in [2.45, 2.75) is 32.2 Å². The van der Waals surface area contributed by atoms with Crippen molar-refractivity contribution in [2.24, 2.45) is 4.99 Å². The molecule has 1 saturated heterocycles. The average molecular weight is 517 g/mol. The molecule has 3 rings (SSSR count). The molecule has 0 aliphatic carbocycles. The Morgan fingerprint density at radius 1 is 1.38 bits per heavy atom. The van der Waals surface area contributed by atoms with Crippen LogP contribution >= 0.6 is 24.0 Å². The van der Waals surface area contributed by atoms with Gasteiger partial charge < -0.3 is 25.3 Å². The number of rotatable bonds is 5. The molecular weight excluding hydrogens is 488 g/mol. The quantitative estimate of drug-likeness (QED) is 0.323. The normalized spacial score (nSPS) is 15.1. The maximum Gasteiger partial charge on any atom is 0.409 e. The maximum absolute atomic E-state index is 13.5. The zero-order chi connectivity index (χ0) is 19.9. The molecule has 7 nitrogen and oxygen atoms in total. The molecule has 29 heavy (non-hydrogen) atoms. The van der Waals surface area contributed by atoms with Crippen molar-refractivity contribution in [3.63, 3.8) is 0 Å². The number of piperidine rings is 1. The number of methoxy groups -OCH3 is 1. The largest absolute Gasteiger partial charge is 0.453 e. The number of ether oxygens (including phenoxy) is 1. The molecule has 2 aromatic rings. The number of aromatic amines is 1. The number of aliphatic imine (C=N–C) groups is 1. The Kier molecular flexibility index (Phi) is 8.99. The number of carbonyl (C=O) groups is 1. The number of nitrogens with one attached hydrogen (secondary N) is 3. The molecule has 1 fully saturated rings. The number of hydrogen-bond acceptors (Lipinski definition) is 3. The van der Waals surface area contributed by atoms with Gasteiger partial charge in [-0.15, -0.1) is 24.0 Å². The second kappa shape index (κ2) is 11.2. The van der Waals surface area contributed by atoms with Crippen molar-refractivity contribution >= 4 is 46.9 Å². The lowest BCUT2D eigenvalue weighted by molar-refractivity contribution is 0.111. The first kappa shape index (κ1) is 23.2. The molecule has 2 heterocycles. The van der Waals surface area contributed by atoms with Crippen LogP contribution in [0.2, 0.25) is 0 Å². The van der Waals surface area contributed by atoms with E-state index in [9.17, 15) is 9.18 Å². The first-order valence-corrected chi connectivity index (χ1v) is 9.74. The zero-order valence-corrected chi connectivity index (χ0v) is 19.2. The van der Waals surface area contributed by atoms with Crippen LogP contribution < -0.4 is 10.6 Å². The highest BCUT2D eigenvalue weighted by Gasteiger charge is 2.23. The summed E-state index contributed by atoms with van der Waals surface area (Å²) in [6, 6.07) is 5.04. The third kappa shape index (κ3) is 6.22. The Bertz CT molecular complexity index is 833. The van der Waals surface area contributed by atoms with E-state index in [1.165, 1.54) is 13.2 Å². The summed E-state index contributed by atoms with van der Waals surface area (Å²) in [6.07, 6.45) is 4.07. The van der Waals surface area contributed by atoms with Gasteiger partial charge in [-0.1, -0.05) is 0 Å². The van der Waals surface area contributed by atoms with Crippen molar-refractivity contribution in [3.05, 3.63) is 35.8 Å². The van der Waals surface area contributed by atoms with Crippen molar-refractivity contribution in [2.75, 3.05) is 33.3 Å². The topological polar surface area (TPSA) is 81.8 Å². The number of fused-ring (bicyclic) bond motifs is 1. The lowest BCUT2D eigenvalue weighted by Crippen LogP contribution is -2.49. The van der Waals surface area contributed by atoms with Crippen LogP contribution in [-0.4, -0.2) is 61.3 Å². The van der Waals surface area contributed by atoms with Crippen molar-refractivity contribution in [3.8, 4) is 0 Å².